The smallest absolute Gasteiger partial charge is 0 e. The van der Waals surface area contributed by atoms with Crippen LogP contribution in [0.1, 0.15) is 5.56 Å². The minimum atomic E-state index is -0.493. The summed E-state index contributed by atoms with van der Waals surface area (Å²) in [4.78, 5) is 0. The van der Waals surface area contributed by atoms with Gasteiger partial charge in [0.1, 0.15) is 0 Å². The van der Waals surface area contributed by atoms with E-state index in [1.165, 1.54) is 54.1 Å². The molecule has 2 heteroatoms. The van der Waals surface area contributed by atoms with Gasteiger partial charge in [0.15, 0.2) is 0 Å². The molecule has 0 aliphatic carbocycles. The van der Waals surface area contributed by atoms with Crippen LogP contribution >= 0.6 is 7.92 Å². The van der Waals surface area contributed by atoms with E-state index in [0.717, 1.165) is 0 Å². The summed E-state index contributed by atoms with van der Waals surface area (Å²) in [6.45, 7) is 2.15. The van der Waals surface area contributed by atoms with E-state index in [0.29, 0.717) is 0 Å². The summed E-state index contributed by atoms with van der Waals surface area (Å²) in [6, 6.07) is 56.6. The van der Waals surface area contributed by atoms with Crippen LogP contribution in [-0.4, -0.2) is 0 Å². The molecule has 7 aromatic carbocycles. The van der Waals surface area contributed by atoms with Gasteiger partial charge in [-0.15, -0.1) is 74.9 Å². The molecule has 39 heavy (non-hydrogen) atoms. The first-order chi connectivity index (χ1) is 18.8. The quantitative estimate of drug-likeness (QED) is 0.0989. The van der Waals surface area contributed by atoms with Gasteiger partial charge in [-0.1, -0.05) is 116 Å². The van der Waals surface area contributed by atoms with Gasteiger partial charge in [-0.25, -0.2) is 0 Å². The molecule has 0 saturated heterocycles. The van der Waals surface area contributed by atoms with Crippen LogP contribution in [-0.2, 0) is 25.8 Å². The largest absolute Gasteiger partial charge is 0.165 e. The summed E-state index contributed by atoms with van der Waals surface area (Å²) in [5.41, 5.74) is 3.95. The predicted octanol–water partition coefficient (Wildman–Crippen LogP) is 8.85. The Bertz CT molecular complexity index is 1690. The molecule has 0 radical (unpaired) electrons. The van der Waals surface area contributed by atoms with E-state index >= 15 is 0 Å². The summed E-state index contributed by atoms with van der Waals surface area (Å²) >= 11 is 0. The van der Waals surface area contributed by atoms with Crippen molar-refractivity contribution >= 4 is 45.4 Å². The molecule has 188 valence electrons. The average molecular weight is 683 g/mol. The molecule has 0 saturated carbocycles. The van der Waals surface area contributed by atoms with Crippen LogP contribution in [0.2, 0.25) is 0 Å². The molecule has 0 atom stereocenters. The Balaban J connectivity index is 0.000000161. The van der Waals surface area contributed by atoms with Crippen LogP contribution in [0.15, 0.2) is 158 Å². The summed E-state index contributed by atoms with van der Waals surface area (Å²) < 4.78 is 0. The third kappa shape index (κ3) is 6.11. The first-order valence-corrected chi connectivity index (χ1v) is 14.4. The fourth-order valence-electron chi connectivity index (χ4n) is 5.12. The fraction of sp³-hybridized carbons (Fsp3) is 0.0270. The molecule has 0 aliphatic rings. The molecule has 0 heterocycles. The van der Waals surface area contributed by atoms with E-state index in [2.05, 4.69) is 165 Å². The molecule has 0 bridgehead atoms. The van der Waals surface area contributed by atoms with E-state index in [4.69, 9.17) is 0 Å². The van der Waals surface area contributed by atoms with E-state index in [1.54, 1.807) is 0 Å². The second kappa shape index (κ2) is 12.6. The molecular weight excluding hydrogens is 654 g/mol. The first-order valence-electron chi connectivity index (χ1n) is 13.0. The molecule has 7 aromatic rings. The Morgan fingerprint density at radius 3 is 1.72 bits per heavy atom. The van der Waals surface area contributed by atoms with Gasteiger partial charge in [0.25, 0.3) is 0 Å². The topological polar surface area (TPSA) is 0 Å². The number of rotatable bonds is 4. The zero-order valence-corrected chi connectivity index (χ0v) is 26.4. The average Bonchev–Trinajstić information content (AvgIpc) is 3.57. The van der Waals surface area contributed by atoms with Crippen molar-refractivity contribution in [3.63, 3.8) is 0 Å². The monoisotopic (exact) mass is 684 g/mol. The number of hydrogen-bond donors (Lipinski definition) is 0. The van der Waals surface area contributed by atoms with Crippen molar-refractivity contribution in [3.8, 4) is 11.1 Å². The molecule has 7 rings (SSSR count). The van der Waals surface area contributed by atoms with E-state index < -0.39 is 7.92 Å². The van der Waals surface area contributed by atoms with Gasteiger partial charge in [-0.05, 0) is 24.1 Å². The second-order valence-corrected chi connectivity index (χ2v) is 11.8. The number of fused-ring (bicyclic) bond motifs is 2. The molecule has 0 spiro atoms. The third-order valence-corrected chi connectivity index (χ3v) is 9.27. The van der Waals surface area contributed by atoms with Crippen LogP contribution < -0.4 is 15.9 Å². The van der Waals surface area contributed by atoms with E-state index in [-0.39, 0.29) is 25.8 Å². The first kappa shape index (κ1) is 27.2. The van der Waals surface area contributed by atoms with Gasteiger partial charge >= 0.3 is 0 Å². The van der Waals surface area contributed by atoms with Gasteiger partial charge in [0.2, 0.25) is 0 Å². The molecule has 0 fully saturated rings. The van der Waals surface area contributed by atoms with Crippen LogP contribution in [0, 0.1) is 6.92 Å². The van der Waals surface area contributed by atoms with E-state index in [1.807, 2.05) is 0 Å². The van der Waals surface area contributed by atoms with Crippen LogP contribution in [0.4, 0.5) is 0 Å². The van der Waals surface area contributed by atoms with Gasteiger partial charge in [-0.2, -0.15) is 12.1 Å². The summed E-state index contributed by atoms with van der Waals surface area (Å²) in [6.07, 6.45) is 0. The maximum absolute atomic E-state index is 2.35. The normalized spacial score (nSPS) is 10.7. The Hall–Kier alpha value is -3.38. The fourth-order valence-corrected chi connectivity index (χ4v) is 7.49. The Morgan fingerprint density at radius 1 is 0.513 bits per heavy atom. The number of benzene rings is 5. The molecule has 0 aliphatic heterocycles. The number of hydrogen-bond acceptors (Lipinski definition) is 0. The van der Waals surface area contributed by atoms with Crippen molar-refractivity contribution < 1.29 is 25.8 Å². The summed E-state index contributed by atoms with van der Waals surface area (Å²) in [5.74, 6) is 0. The maximum Gasteiger partial charge on any atom is 0 e. The standard InChI is InChI=1S/C21H16P.C16H13.Hf/c1-3-11-19(12-4-1)22(20-13-5-2-6-14-20)21-15-17-9-7-8-10-18(17)16-21;1-12-10-14-8-5-9-15(16(14)11-12)13-6-3-2-4-7-13;/h1-16H;2-11H,1H3;/q2*-1;. The maximum atomic E-state index is 2.35. The second-order valence-electron chi connectivity index (χ2n) is 9.56. The Kier molecular flexibility index (Phi) is 8.82. The van der Waals surface area contributed by atoms with Crippen molar-refractivity contribution in [2.75, 3.05) is 0 Å². The summed E-state index contributed by atoms with van der Waals surface area (Å²) in [7, 11) is -0.493. The molecule has 0 aromatic heterocycles. The van der Waals surface area contributed by atoms with Crippen molar-refractivity contribution in [1.29, 1.82) is 0 Å². The predicted molar refractivity (Wildman–Crippen MR) is 168 cm³/mol. The van der Waals surface area contributed by atoms with Crippen molar-refractivity contribution in [1.82, 2.24) is 0 Å². The van der Waals surface area contributed by atoms with Crippen molar-refractivity contribution in [2.45, 2.75) is 6.92 Å². The molecule has 0 nitrogen and oxygen atoms in total. The molecule has 0 N–H and O–H groups in total. The van der Waals surface area contributed by atoms with Gasteiger partial charge < -0.3 is 0 Å². The number of aryl methyl sites for hydroxylation is 1. The van der Waals surface area contributed by atoms with Crippen molar-refractivity contribution in [3.05, 3.63) is 163 Å². The SMILES string of the molecule is Cc1cc2c(-c3ccccc3)cccc2[cH-]1.[Hf].c1ccc(P(c2ccccc2)c2cc3ccccc3[cH-]2)cc1. The van der Waals surface area contributed by atoms with Gasteiger partial charge in [0, 0.05) is 25.8 Å². The van der Waals surface area contributed by atoms with Crippen LogP contribution in [0.25, 0.3) is 32.7 Å². The van der Waals surface area contributed by atoms with Crippen molar-refractivity contribution in [2.24, 2.45) is 0 Å². The Morgan fingerprint density at radius 2 is 1.08 bits per heavy atom. The minimum Gasteiger partial charge on any atom is -0.165 e. The van der Waals surface area contributed by atoms with Gasteiger partial charge in [-0.3, -0.25) is 0 Å². The zero-order valence-electron chi connectivity index (χ0n) is 22.0. The Labute approximate surface area is 251 Å². The molecular formula is C37H29HfP-2. The molecule has 0 amide bonds. The summed E-state index contributed by atoms with van der Waals surface area (Å²) in [5, 5.41) is 9.57. The minimum absolute atomic E-state index is 0. The zero-order chi connectivity index (χ0) is 25.7. The van der Waals surface area contributed by atoms with Gasteiger partial charge in [0.05, 0.1) is 0 Å². The third-order valence-electron chi connectivity index (χ3n) is 6.87. The van der Waals surface area contributed by atoms with Crippen LogP contribution in [0.5, 0.6) is 0 Å². The molecule has 0 unspecified atom stereocenters. The van der Waals surface area contributed by atoms with Crippen LogP contribution in [0.3, 0.4) is 0 Å². The van der Waals surface area contributed by atoms with E-state index in [9.17, 15) is 0 Å².